The van der Waals surface area contributed by atoms with Gasteiger partial charge in [0.15, 0.2) is 5.15 Å². The van der Waals surface area contributed by atoms with Crippen LogP contribution >= 0.6 is 11.6 Å². The van der Waals surface area contributed by atoms with Crippen LogP contribution in [0.5, 0.6) is 0 Å². The number of carbonyl (C=O) groups is 1. The van der Waals surface area contributed by atoms with Gasteiger partial charge in [-0.25, -0.2) is 4.98 Å². The van der Waals surface area contributed by atoms with Gasteiger partial charge < -0.3 is 10.2 Å². The van der Waals surface area contributed by atoms with Gasteiger partial charge in [-0.2, -0.15) is 0 Å². The lowest BCUT2D eigenvalue weighted by Crippen LogP contribution is -2.44. The molecular formula is C17H18ClN3O. The summed E-state index contributed by atoms with van der Waals surface area (Å²) in [6.07, 6.45) is 3.72. The van der Waals surface area contributed by atoms with Gasteiger partial charge in [0.1, 0.15) is 6.04 Å². The Bertz CT molecular complexity index is 689. The number of para-hydroxylation sites is 1. The van der Waals surface area contributed by atoms with E-state index in [1.54, 1.807) is 18.3 Å². The molecule has 2 heterocycles. The zero-order valence-electron chi connectivity index (χ0n) is 12.4. The zero-order valence-corrected chi connectivity index (χ0v) is 13.2. The molecule has 0 bridgehead atoms. The molecule has 4 nitrogen and oxygen atoms in total. The molecule has 1 aliphatic heterocycles. The number of halogens is 1. The fourth-order valence-corrected chi connectivity index (χ4v) is 2.99. The Labute approximate surface area is 135 Å². The van der Waals surface area contributed by atoms with Crippen molar-refractivity contribution >= 4 is 28.9 Å². The first kappa shape index (κ1) is 14.9. The number of anilines is 2. The van der Waals surface area contributed by atoms with Gasteiger partial charge in [-0.05, 0) is 43.5 Å². The van der Waals surface area contributed by atoms with Crippen molar-refractivity contribution in [3.8, 4) is 0 Å². The molecule has 1 aromatic carbocycles. The molecule has 5 heteroatoms. The molecule has 1 aliphatic rings. The molecular weight excluding hydrogens is 298 g/mol. The Morgan fingerprint density at radius 2 is 2.14 bits per heavy atom. The van der Waals surface area contributed by atoms with Crippen LogP contribution in [0.2, 0.25) is 5.15 Å². The Morgan fingerprint density at radius 1 is 1.32 bits per heavy atom. The molecule has 0 saturated heterocycles. The highest BCUT2D eigenvalue weighted by Crippen LogP contribution is 2.29. The summed E-state index contributed by atoms with van der Waals surface area (Å²) < 4.78 is 0. The quantitative estimate of drug-likeness (QED) is 0.882. The zero-order chi connectivity index (χ0) is 15.5. The second-order valence-corrected chi connectivity index (χ2v) is 5.79. The number of aryl methyl sites for hydroxylation is 1. The molecule has 1 atom stereocenters. The van der Waals surface area contributed by atoms with Crippen molar-refractivity contribution in [2.45, 2.75) is 25.8 Å². The summed E-state index contributed by atoms with van der Waals surface area (Å²) in [7, 11) is 0. The Hall–Kier alpha value is -2.07. The predicted octanol–water partition coefficient (Wildman–Crippen LogP) is 3.51. The fraction of sp³-hybridized carbons (Fsp3) is 0.294. The lowest BCUT2D eigenvalue weighted by Gasteiger charge is -2.35. The minimum absolute atomic E-state index is 0.0772. The van der Waals surface area contributed by atoms with E-state index in [2.05, 4.69) is 27.3 Å². The minimum Gasteiger partial charge on any atom is -0.360 e. The molecule has 1 N–H and O–H groups in total. The highest BCUT2D eigenvalue weighted by molar-refractivity contribution is 6.32. The number of nitrogens with one attached hydrogen (secondary N) is 1. The molecule has 114 valence electrons. The van der Waals surface area contributed by atoms with E-state index in [0.717, 1.165) is 25.1 Å². The van der Waals surface area contributed by atoms with Crippen LogP contribution in [0, 0.1) is 0 Å². The first-order valence-electron chi connectivity index (χ1n) is 7.43. The molecule has 3 rings (SSSR count). The third kappa shape index (κ3) is 2.92. The first-order valence-corrected chi connectivity index (χ1v) is 7.80. The van der Waals surface area contributed by atoms with Crippen molar-refractivity contribution in [2.75, 3.05) is 16.8 Å². The molecule has 1 amide bonds. The van der Waals surface area contributed by atoms with Gasteiger partial charge in [-0.1, -0.05) is 29.8 Å². The van der Waals surface area contributed by atoms with Crippen molar-refractivity contribution in [1.29, 1.82) is 0 Å². The lowest BCUT2D eigenvalue weighted by atomic mass is 10.00. The third-order valence-corrected chi connectivity index (χ3v) is 4.31. The molecule has 1 unspecified atom stereocenters. The monoisotopic (exact) mass is 315 g/mol. The second-order valence-electron chi connectivity index (χ2n) is 5.43. The largest absolute Gasteiger partial charge is 0.360 e. The number of nitrogens with zero attached hydrogens (tertiary/aromatic N) is 2. The number of amides is 1. The third-order valence-electron chi connectivity index (χ3n) is 4.01. The molecule has 2 aromatic rings. The summed E-state index contributed by atoms with van der Waals surface area (Å²) in [5, 5.41) is 3.17. The van der Waals surface area contributed by atoms with E-state index < -0.39 is 0 Å². The Balaban J connectivity index is 1.78. The smallest absolute Gasteiger partial charge is 0.246 e. The predicted molar refractivity (Wildman–Crippen MR) is 89.4 cm³/mol. The maximum absolute atomic E-state index is 12.5. The lowest BCUT2D eigenvalue weighted by molar-refractivity contribution is -0.117. The molecule has 0 aliphatic carbocycles. The number of rotatable bonds is 3. The van der Waals surface area contributed by atoms with Crippen molar-refractivity contribution < 1.29 is 4.79 Å². The summed E-state index contributed by atoms with van der Waals surface area (Å²) in [6.45, 7) is 2.80. The second kappa shape index (κ2) is 6.36. The van der Waals surface area contributed by atoms with Crippen LogP contribution in [0.4, 0.5) is 11.4 Å². The van der Waals surface area contributed by atoms with Crippen LogP contribution < -0.4 is 10.2 Å². The number of hydrogen-bond acceptors (Lipinski definition) is 3. The first-order chi connectivity index (χ1) is 10.7. The maximum atomic E-state index is 12.5. The van der Waals surface area contributed by atoms with E-state index in [-0.39, 0.29) is 11.9 Å². The number of aromatic nitrogens is 1. The van der Waals surface area contributed by atoms with Gasteiger partial charge in [0.25, 0.3) is 0 Å². The van der Waals surface area contributed by atoms with Gasteiger partial charge in [0, 0.05) is 18.4 Å². The standard InChI is InChI=1S/C17H18ClN3O/c1-12(17(22)20-14-8-4-10-19-16(14)18)21-11-5-7-13-6-2-3-9-15(13)21/h2-4,6,8-10,12H,5,7,11H2,1H3,(H,20,22). The summed E-state index contributed by atoms with van der Waals surface area (Å²) >= 11 is 6.00. The van der Waals surface area contributed by atoms with Crippen LogP contribution in [0.1, 0.15) is 18.9 Å². The number of fused-ring (bicyclic) bond motifs is 1. The van der Waals surface area contributed by atoms with Crippen molar-refractivity contribution in [3.63, 3.8) is 0 Å². The summed E-state index contributed by atoms with van der Waals surface area (Å²) in [4.78, 5) is 18.7. The van der Waals surface area contributed by atoms with E-state index in [1.807, 2.05) is 19.1 Å². The van der Waals surface area contributed by atoms with Crippen LogP contribution in [0.25, 0.3) is 0 Å². The number of carbonyl (C=O) groups excluding carboxylic acids is 1. The number of benzene rings is 1. The van der Waals surface area contributed by atoms with Gasteiger partial charge in [0.05, 0.1) is 5.69 Å². The molecule has 0 fully saturated rings. The van der Waals surface area contributed by atoms with Crippen LogP contribution in [0.15, 0.2) is 42.6 Å². The van der Waals surface area contributed by atoms with Gasteiger partial charge >= 0.3 is 0 Å². The van der Waals surface area contributed by atoms with E-state index in [0.29, 0.717) is 10.8 Å². The van der Waals surface area contributed by atoms with Gasteiger partial charge in [0.2, 0.25) is 5.91 Å². The average Bonchev–Trinajstić information content (AvgIpc) is 2.55. The van der Waals surface area contributed by atoms with Crippen molar-refractivity contribution in [2.24, 2.45) is 0 Å². The van der Waals surface area contributed by atoms with E-state index in [1.165, 1.54) is 5.56 Å². The minimum atomic E-state index is -0.266. The normalized spacial score (nSPS) is 15.1. The Morgan fingerprint density at radius 3 is 2.95 bits per heavy atom. The van der Waals surface area contributed by atoms with Gasteiger partial charge in [-0.3, -0.25) is 4.79 Å². The van der Waals surface area contributed by atoms with E-state index in [9.17, 15) is 4.79 Å². The number of hydrogen-bond donors (Lipinski definition) is 1. The van der Waals surface area contributed by atoms with Crippen LogP contribution in [-0.4, -0.2) is 23.5 Å². The fourth-order valence-electron chi connectivity index (χ4n) is 2.82. The average molecular weight is 316 g/mol. The van der Waals surface area contributed by atoms with Crippen LogP contribution in [-0.2, 0) is 11.2 Å². The van der Waals surface area contributed by atoms with E-state index >= 15 is 0 Å². The summed E-state index contributed by atoms with van der Waals surface area (Å²) in [5.41, 5.74) is 2.99. The molecule has 0 saturated carbocycles. The highest BCUT2D eigenvalue weighted by Gasteiger charge is 2.26. The van der Waals surface area contributed by atoms with Crippen molar-refractivity contribution in [1.82, 2.24) is 4.98 Å². The van der Waals surface area contributed by atoms with E-state index in [4.69, 9.17) is 11.6 Å². The highest BCUT2D eigenvalue weighted by atomic mass is 35.5. The summed E-state index contributed by atoms with van der Waals surface area (Å²) in [6, 6.07) is 11.5. The van der Waals surface area contributed by atoms with Crippen molar-refractivity contribution in [3.05, 3.63) is 53.3 Å². The van der Waals surface area contributed by atoms with Crippen LogP contribution in [0.3, 0.4) is 0 Å². The molecule has 0 spiro atoms. The molecule has 22 heavy (non-hydrogen) atoms. The Kier molecular flexibility index (Phi) is 4.29. The molecule has 1 aromatic heterocycles. The summed E-state index contributed by atoms with van der Waals surface area (Å²) in [5.74, 6) is -0.0772. The van der Waals surface area contributed by atoms with Gasteiger partial charge in [-0.15, -0.1) is 0 Å². The maximum Gasteiger partial charge on any atom is 0.246 e. The SMILES string of the molecule is CC(C(=O)Nc1cccnc1Cl)N1CCCc2ccccc21. The molecule has 0 radical (unpaired) electrons. The topological polar surface area (TPSA) is 45.2 Å². The number of pyridine rings is 1.